The molecule has 0 aromatic heterocycles. The minimum absolute atomic E-state index is 0.00218. The molecule has 0 heterocycles. The summed E-state index contributed by atoms with van der Waals surface area (Å²) in [5.41, 5.74) is 8.00. The zero-order chi connectivity index (χ0) is 26.9. The highest BCUT2D eigenvalue weighted by atomic mass is 35.5. The van der Waals surface area contributed by atoms with Crippen molar-refractivity contribution in [2.75, 3.05) is 19.4 Å². The molecule has 3 rings (SSSR count). The number of nitrogens with one attached hydrogen (secondary N) is 2. The highest BCUT2D eigenvalue weighted by Crippen LogP contribution is 2.32. The first-order valence-corrected chi connectivity index (χ1v) is 12.0. The Hall–Kier alpha value is -3.88. The highest BCUT2D eigenvalue weighted by molar-refractivity contribution is 6.40. The number of ether oxygens (including phenoxy) is 1. The first-order chi connectivity index (χ1) is 17.7. The lowest BCUT2D eigenvalue weighted by Crippen LogP contribution is -2.42. The highest BCUT2D eigenvalue weighted by Gasteiger charge is 2.26. The van der Waals surface area contributed by atoms with Gasteiger partial charge in [-0.15, -0.1) is 0 Å². The average Bonchev–Trinajstić information content (AvgIpc) is 2.89. The molecule has 0 fully saturated rings. The predicted molar refractivity (Wildman–Crippen MR) is 143 cm³/mol. The number of amides is 2. The fraction of sp³-hybridized carbons (Fsp3) is 0.185. The molecule has 3 aromatic carbocycles. The number of halogens is 2. The van der Waals surface area contributed by atoms with E-state index < -0.39 is 23.8 Å². The molecule has 0 saturated heterocycles. The lowest BCUT2D eigenvalue weighted by molar-refractivity contribution is -0.143. The van der Waals surface area contributed by atoms with Crippen LogP contribution in [0.2, 0.25) is 10.0 Å². The quantitative estimate of drug-likeness (QED) is 0.259. The molecule has 0 aliphatic heterocycles. The Bertz CT molecular complexity index is 1290. The summed E-state index contributed by atoms with van der Waals surface area (Å²) in [6.45, 7) is -0.256. The number of methoxy groups -OCH3 is 1. The van der Waals surface area contributed by atoms with Crippen molar-refractivity contribution in [2.24, 2.45) is 0 Å². The summed E-state index contributed by atoms with van der Waals surface area (Å²) >= 11 is 12.7. The van der Waals surface area contributed by atoms with E-state index in [9.17, 15) is 19.2 Å². The van der Waals surface area contributed by atoms with Gasteiger partial charge in [0.05, 0.1) is 29.3 Å². The summed E-state index contributed by atoms with van der Waals surface area (Å²) in [5.74, 6) is -2.23. The number of nitrogen functional groups attached to an aromatic ring is 1. The molecular weight excluding hydrogens is 517 g/mol. The maximum atomic E-state index is 13.0. The van der Waals surface area contributed by atoms with Gasteiger partial charge in [-0.2, -0.15) is 0 Å². The van der Waals surface area contributed by atoms with Gasteiger partial charge in [-0.1, -0.05) is 59.6 Å². The van der Waals surface area contributed by atoms with Gasteiger partial charge >= 0.3 is 5.97 Å². The van der Waals surface area contributed by atoms with E-state index in [4.69, 9.17) is 33.7 Å². The molecule has 0 radical (unpaired) electrons. The Balaban J connectivity index is 1.63. The van der Waals surface area contributed by atoms with Crippen LogP contribution in [0.15, 0.2) is 66.7 Å². The molecule has 0 aliphatic carbocycles. The standard InChI is InChI=1S/C27H25Cl2N3O5/c1-37-27(36)23(11-10-20(33)15-31-25(34)17-8-5-9-19(30)12-17)32-26(35)24-21(28)13-18(14-22(24)29)16-6-3-2-4-7-16/h2-9,12-14,23H,10-11,15,30H2,1H3,(H,31,34)(H,32,35)/t23-/m0/s1. The second kappa shape index (κ2) is 12.9. The second-order valence-electron chi connectivity index (χ2n) is 8.12. The Morgan fingerprint density at radius 1 is 0.892 bits per heavy atom. The molecule has 0 bridgehead atoms. The molecule has 8 nitrogen and oxygen atoms in total. The molecule has 3 aromatic rings. The topological polar surface area (TPSA) is 128 Å². The van der Waals surface area contributed by atoms with Gasteiger partial charge in [-0.05, 0) is 47.9 Å². The monoisotopic (exact) mass is 541 g/mol. The smallest absolute Gasteiger partial charge is 0.328 e. The van der Waals surface area contributed by atoms with Crippen molar-refractivity contribution < 1.29 is 23.9 Å². The molecule has 10 heteroatoms. The third kappa shape index (κ3) is 7.55. The second-order valence-corrected chi connectivity index (χ2v) is 8.93. The summed E-state index contributed by atoms with van der Waals surface area (Å²) in [4.78, 5) is 49.8. The number of carbonyl (C=O) groups is 4. The summed E-state index contributed by atoms with van der Waals surface area (Å²) in [6.07, 6.45) is -0.158. The van der Waals surface area contributed by atoms with Crippen LogP contribution in [0.5, 0.6) is 0 Å². The largest absolute Gasteiger partial charge is 0.467 e. The minimum Gasteiger partial charge on any atom is -0.467 e. The molecule has 1 atom stereocenters. The molecule has 192 valence electrons. The molecule has 37 heavy (non-hydrogen) atoms. The number of anilines is 1. The Morgan fingerprint density at radius 3 is 2.19 bits per heavy atom. The third-order valence-electron chi connectivity index (χ3n) is 5.47. The van der Waals surface area contributed by atoms with Gasteiger partial charge in [0.15, 0.2) is 5.78 Å². The van der Waals surface area contributed by atoms with Crippen molar-refractivity contribution in [2.45, 2.75) is 18.9 Å². The predicted octanol–water partition coefficient (Wildman–Crippen LogP) is 4.29. The van der Waals surface area contributed by atoms with E-state index in [1.165, 1.54) is 13.2 Å². The van der Waals surface area contributed by atoms with Gasteiger partial charge in [-0.25, -0.2) is 4.79 Å². The lowest BCUT2D eigenvalue weighted by Gasteiger charge is -2.18. The fourth-order valence-corrected chi connectivity index (χ4v) is 4.22. The van der Waals surface area contributed by atoms with Crippen LogP contribution < -0.4 is 16.4 Å². The van der Waals surface area contributed by atoms with Crippen LogP contribution >= 0.6 is 23.2 Å². The summed E-state index contributed by atoms with van der Waals surface area (Å²) in [7, 11) is 1.17. The van der Waals surface area contributed by atoms with Crippen LogP contribution in [0, 0.1) is 0 Å². The van der Waals surface area contributed by atoms with Gasteiger partial charge in [0, 0.05) is 17.7 Å². The first kappa shape index (κ1) is 27.7. The van der Waals surface area contributed by atoms with E-state index in [-0.39, 0.29) is 40.8 Å². The molecule has 0 saturated carbocycles. The Labute approximate surface area is 224 Å². The van der Waals surface area contributed by atoms with E-state index in [0.717, 1.165) is 11.1 Å². The van der Waals surface area contributed by atoms with Crippen LogP contribution in [0.25, 0.3) is 11.1 Å². The molecule has 0 spiro atoms. The number of rotatable bonds is 10. The summed E-state index contributed by atoms with van der Waals surface area (Å²) in [6, 6.07) is 17.8. The van der Waals surface area contributed by atoms with Crippen molar-refractivity contribution in [1.29, 1.82) is 0 Å². The minimum atomic E-state index is -1.13. The number of carbonyl (C=O) groups excluding carboxylic acids is 4. The average molecular weight is 542 g/mol. The summed E-state index contributed by atoms with van der Waals surface area (Å²) in [5, 5.41) is 5.26. The number of hydrogen-bond acceptors (Lipinski definition) is 6. The normalized spacial score (nSPS) is 11.3. The molecule has 4 N–H and O–H groups in total. The van der Waals surface area contributed by atoms with Crippen molar-refractivity contribution >= 4 is 52.5 Å². The molecule has 0 unspecified atom stereocenters. The van der Waals surface area contributed by atoms with E-state index in [1.54, 1.807) is 30.3 Å². The molecular formula is C27H25Cl2N3O5. The lowest BCUT2D eigenvalue weighted by atomic mass is 10.0. The Morgan fingerprint density at radius 2 is 1.57 bits per heavy atom. The van der Waals surface area contributed by atoms with Crippen molar-refractivity contribution in [3.8, 4) is 11.1 Å². The van der Waals surface area contributed by atoms with Gasteiger partial charge in [0.25, 0.3) is 11.8 Å². The molecule has 0 aliphatic rings. The van der Waals surface area contributed by atoms with E-state index >= 15 is 0 Å². The molecule has 2 amide bonds. The van der Waals surface area contributed by atoms with Gasteiger partial charge in [-0.3, -0.25) is 14.4 Å². The van der Waals surface area contributed by atoms with Crippen molar-refractivity contribution in [1.82, 2.24) is 10.6 Å². The SMILES string of the molecule is COC(=O)[C@H](CCC(=O)CNC(=O)c1cccc(N)c1)NC(=O)c1c(Cl)cc(-c2ccccc2)cc1Cl. The van der Waals surface area contributed by atoms with E-state index in [2.05, 4.69) is 10.6 Å². The number of benzene rings is 3. The van der Waals surface area contributed by atoms with Crippen molar-refractivity contribution in [3.63, 3.8) is 0 Å². The number of ketones is 1. The van der Waals surface area contributed by atoms with Crippen LogP contribution in [0.4, 0.5) is 5.69 Å². The number of nitrogens with two attached hydrogens (primary N) is 1. The van der Waals surface area contributed by atoms with Gasteiger partial charge in [0.1, 0.15) is 6.04 Å². The van der Waals surface area contributed by atoms with Crippen LogP contribution in [-0.4, -0.2) is 43.3 Å². The van der Waals surface area contributed by atoms with E-state index in [0.29, 0.717) is 11.3 Å². The summed E-state index contributed by atoms with van der Waals surface area (Å²) < 4.78 is 4.77. The van der Waals surface area contributed by atoms with Crippen LogP contribution in [0.3, 0.4) is 0 Å². The maximum Gasteiger partial charge on any atom is 0.328 e. The van der Waals surface area contributed by atoms with Gasteiger partial charge < -0.3 is 21.1 Å². The zero-order valence-electron chi connectivity index (χ0n) is 19.9. The van der Waals surface area contributed by atoms with Crippen LogP contribution in [-0.2, 0) is 14.3 Å². The van der Waals surface area contributed by atoms with Crippen LogP contribution in [0.1, 0.15) is 33.6 Å². The van der Waals surface area contributed by atoms with E-state index in [1.807, 2.05) is 30.3 Å². The third-order valence-corrected chi connectivity index (χ3v) is 6.07. The Kier molecular flexibility index (Phi) is 9.65. The number of esters is 1. The first-order valence-electron chi connectivity index (χ1n) is 11.3. The maximum absolute atomic E-state index is 13.0. The zero-order valence-corrected chi connectivity index (χ0v) is 21.4. The van der Waals surface area contributed by atoms with Gasteiger partial charge in [0.2, 0.25) is 0 Å². The fourth-order valence-electron chi connectivity index (χ4n) is 3.56. The number of Topliss-reactive ketones (excluding diaryl/α,β-unsaturated/α-hetero) is 1. The number of hydrogen-bond donors (Lipinski definition) is 3. The van der Waals surface area contributed by atoms with Crippen molar-refractivity contribution in [3.05, 3.63) is 87.9 Å².